The molecule has 174 valence electrons. The smallest absolute Gasteiger partial charge is 0.251 e. The van der Waals surface area contributed by atoms with Crippen molar-refractivity contribution in [2.24, 2.45) is 0 Å². The molecule has 3 rings (SSSR count). The lowest BCUT2D eigenvalue weighted by atomic mass is 9.96. The van der Waals surface area contributed by atoms with E-state index in [2.05, 4.69) is 31.3 Å². The number of halogens is 1. The summed E-state index contributed by atoms with van der Waals surface area (Å²) in [5.74, 6) is -0.219. The van der Waals surface area contributed by atoms with Gasteiger partial charge in [0.15, 0.2) is 0 Å². The number of benzene rings is 3. The molecule has 0 radical (unpaired) electrons. The van der Waals surface area contributed by atoms with Gasteiger partial charge in [-0.15, -0.1) is 0 Å². The number of carbonyl (C=O) groups is 1. The molecule has 1 amide bonds. The van der Waals surface area contributed by atoms with Crippen LogP contribution in [0.2, 0.25) is 5.02 Å². The van der Waals surface area contributed by atoms with E-state index in [1.807, 2.05) is 19.9 Å². The van der Waals surface area contributed by atoms with Gasteiger partial charge >= 0.3 is 0 Å². The van der Waals surface area contributed by atoms with Crippen molar-refractivity contribution in [2.75, 3.05) is 10.6 Å². The van der Waals surface area contributed by atoms with Gasteiger partial charge in [-0.2, -0.15) is 0 Å². The number of nitrogens with zero attached hydrogens (tertiary/aromatic N) is 1. The Hall–Kier alpha value is -2.83. The largest absolute Gasteiger partial charge is 0.346 e. The number of amides is 1. The van der Waals surface area contributed by atoms with Crippen molar-refractivity contribution >= 4 is 33.2 Å². The van der Waals surface area contributed by atoms with Crippen molar-refractivity contribution in [1.29, 1.82) is 0 Å². The van der Waals surface area contributed by atoms with Crippen LogP contribution in [0.4, 0.5) is 5.69 Å². The molecule has 33 heavy (non-hydrogen) atoms. The Morgan fingerprint density at radius 3 is 2.18 bits per heavy atom. The molecule has 0 aliphatic rings. The summed E-state index contributed by atoms with van der Waals surface area (Å²) in [6, 6.07) is 17.7. The number of aryl methyl sites for hydroxylation is 3. The maximum Gasteiger partial charge on any atom is 0.251 e. The summed E-state index contributed by atoms with van der Waals surface area (Å²) in [6.07, 6.45) is 1.15. The van der Waals surface area contributed by atoms with Crippen LogP contribution in [0, 0.1) is 20.8 Å². The highest BCUT2D eigenvalue weighted by Crippen LogP contribution is 2.25. The van der Waals surface area contributed by atoms with Crippen molar-refractivity contribution in [3.05, 3.63) is 99.1 Å². The molecule has 7 heteroatoms. The zero-order valence-electron chi connectivity index (χ0n) is 19.5. The minimum absolute atomic E-state index is 0.104. The highest BCUT2D eigenvalue weighted by Gasteiger charge is 2.20. The Balaban J connectivity index is 1.79. The van der Waals surface area contributed by atoms with Crippen molar-refractivity contribution in [3.8, 4) is 0 Å². The molecule has 0 saturated carbocycles. The van der Waals surface area contributed by atoms with Gasteiger partial charge in [-0.1, -0.05) is 41.9 Å². The van der Waals surface area contributed by atoms with Gasteiger partial charge in [0, 0.05) is 10.6 Å². The fraction of sp³-hybridized carbons (Fsp3) is 0.269. The molecule has 0 aromatic heterocycles. The molecule has 5 nitrogen and oxygen atoms in total. The van der Waals surface area contributed by atoms with Gasteiger partial charge in [0.05, 0.1) is 24.5 Å². The monoisotopic (exact) mass is 484 g/mol. The molecule has 0 unspecified atom stereocenters. The average molecular weight is 485 g/mol. The van der Waals surface area contributed by atoms with Crippen LogP contribution >= 0.6 is 11.6 Å². The van der Waals surface area contributed by atoms with Crippen LogP contribution in [0.25, 0.3) is 0 Å². The molecule has 0 heterocycles. The molecule has 0 aliphatic heterocycles. The van der Waals surface area contributed by atoms with Crippen molar-refractivity contribution in [1.82, 2.24) is 5.32 Å². The van der Waals surface area contributed by atoms with Gasteiger partial charge in [-0.25, -0.2) is 8.42 Å². The first-order valence-corrected chi connectivity index (χ1v) is 12.9. The van der Waals surface area contributed by atoms with E-state index in [1.165, 1.54) is 15.4 Å². The number of rotatable bonds is 7. The van der Waals surface area contributed by atoms with Gasteiger partial charge in [0.1, 0.15) is 0 Å². The summed E-state index contributed by atoms with van der Waals surface area (Å²) in [5.41, 5.74) is 6.23. The van der Waals surface area contributed by atoms with E-state index >= 15 is 0 Å². The lowest BCUT2D eigenvalue weighted by Gasteiger charge is -2.23. The molecule has 0 spiro atoms. The number of carbonyl (C=O) groups excluding carboxylic acids is 1. The normalized spacial score (nSPS) is 12.3. The first-order chi connectivity index (χ1) is 15.5. The zero-order valence-corrected chi connectivity index (χ0v) is 21.1. The molecule has 1 N–H and O–H groups in total. The van der Waals surface area contributed by atoms with Crippen LogP contribution in [-0.4, -0.2) is 20.6 Å². The molecule has 0 aliphatic carbocycles. The van der Waals surface area contributed by atoms with Gasteiger partial charge in [-0.3, -0.25) is 9.10 Å². The number of hydrogen-bond donors (Lipinski definition) is 1. The second kappa shape index (κ2) is 9.98. The van der Waals surface area contributed by atoms with E-state index in [0.29, 0.717) is 21.8 Å². The lowest BCUT2D eigenvalue weighted by molar-refractivity contribution is 0.0940. The van der Waals surface area contributed by atoms with Gasteiger partial charge < -0.3 is 5.32 Å². The second-order valence-corrected chi connectivity index (χ2v) is 10.7. The molecule has 3 aromatic carbocycles. The van der Waals surface area contributed by atoms with Crippen LogP contribution in [-0.2, 0) is 16.6 Å². The molecule has 0 bridgehead atoms. The Kier molecular flexibility index (Phi) is 7.50. The molecule has 3 aromatic rings. The topological polar surface area (TPSA) is 66.5 Å². The average Bonchev–Trinajstić information content (AvgIpc) is 2.75. The SMILES string of the molecule is Cc1cc(C)c([C@H](C)NC(=O)c2ccc(N(Cc3ccccc3Cl)S(C)(=O)=O)cc2)cc1C. The second-order valence-electron chi connectivity index (χ2n) is 8.40. The van der Waals surface area contributed by atoms with Crippen molar-refractivity contribution < 1.29 is 13.2 Å². The minimum Gasteiger partial charge on any atom is -0.346 e. The van der Waals surface area contributed by atoms with E-state index in [-0.39, 0.29) is 18.5 Å². The predicted molar refractivity (Wildman–Crippen MR) is 135 cm³/mol. The maximum atomic E-state index is 12.8. The molecule has 0 saturated heterocycles. The highest BCUT2D eigenvalue weighted by atomic mass is 35.5. The third-order valence-corrected chi connectivity index (χ3v) is 7.30. The lowest BCUT2D eigenvalue weighted by Crippen LogP contribution is -2.30. The summed E-state index contributed by atoms with van der Waals surface area (Å²) in [4.78, 5) is 12.8. The molecular weight excluding hydrogens is 456 g/mol. The van der Waals surface area contributed by atoms with E-state index in [0.717, 1.165) is 17.4 Å². The summed E-state index contributed by atoms with van der Waals surface area (Å²) >= 11 is 6.23. The van der Waals surface area contributed by atoms with Crippen molar-refractivity contribution in [3.63, 3.8) is 0 Å². The zero-order chi connectivity index (χ0) is 24.3. The minimum atomic E-state index is -3.56. The van der Waals surface area contributed by atoms with Crippen LogP contribution < -0.4 is 9.62 Å². The first kappa shape index (κ1) is 24.8. The van der Waals surface area contributed by atoms with E-state index in [1.54, 1.807) is 42.5 Å². The van der Waals surface area contributed by atoms with Gasteiger partial charge in [0.25, 0.3) is 5.91 Å². The van der Waals surface area contributed by atoms with Gasteiger partial charge in [-0.05, 0) is 85.8 Å². The fourth-order valence-electron chi connectivity index (χ4n) is 3.77. The number of anilines is 1. The van der Waals surface area contributed by atoms with E-state index < -0.39 is 10.0 Å². The van der Waals surface area contributed by atoms with Crippen LogP contribution in [0.5, 0.6) is 0 Å². The van der Waals surface area contributed by atoms with Crippen molar-refractivity contribution in [2.45, 2.75) is 40.3 Å². The third-order valence-electron chi connectivity index (χ3n) is 5.79. The number of sulfonamides is 1. The van der Waals surface area contributed by atoms with E-state index in [9.17, 15) is 13.2 Å². The predicted octanol–water partition coefficient (Wildman–Crippen LogP) is 5.72. The molecule has 0 fully saturated rings. The third kappa shape index (κ3) is 5.95. The maximum absolute atomic E-state index is 12.8. The Morgan fingerprint density at radius 2 is 1.58 bits per heavy atom. The summed E-state index contributed by atoms with van der Waals surface area (Å²) in [7, 11) is -3.56. The standard InChI is InChI=1S/C26H29ClN2O3S/c1-17-14-19(3)24(15-18(17)2)20(4)28-26(30)21-10-12-23(13-11-21)29(33(5,31)32)16-22-8-6-7-9-25(22)27/h6-15,20H,16H2,1-5H3,(H,28,30)/t20-/m0/s1. The fourth-order valence-corrected chi connectivity index (χ4v) is 4.84. The Morgan fingerprint density at radius 1 is 0.970 bits per heavy atom. The highest BCUT2D eigenvalue weighted by molar-refractivity contribution is 7.92. The summed E-state index contributed by atoms with van der Waals surface area (Å²) in [6.45, 7) is 8.23. The summed E-state index contributed by atoms with van der Waals surface area (Å²) < 4.78 is 26.2. The van der Waals surface area contributed by atoms with Crippen LogP contribution in [0.15, 0.2) is 60.7 Å². The van der Waals surface area contributed by atoms with Crippen LogP contribution in [0.1, 0.15) is 51.1 Å². The van der Waals surface area contributed by atoms with Crippen LogP contribution in [0.3, 0.4) is 0 Å². The molecule has 1 atom stereocenters. The quantitative estimate of drug-likeness (QED) is 0.466. The van der Waals surface area contributed by atoms with Gasteiger partial charge in [0.2, 0.25) is 10.0 Å². The Labute approximate surface area is 201 Å². The number of nitrogens with one attached hydrogen (secondary N) is 1. The Bertz CT molecular complexity index is 1270. The first-order valence-electron chi connectivity index (χ1n) is 10.7. The number of hydrogen-bond acceptors (Lipinski definition) is 3. The van der Waals surface area contributed by atoms with E-state index in [4.69, 9.17) is 11.6 Å². The summed E-state index contributed by atoms with van der Waals surface area (Å²) in [5, 5.41) is 3.54. The molecular formula is C26H29ClN2O3S.